The van der Waals surface area contributed by atoms with Crippen LogP contribution >= 0.6 is 0 Å². The van der Waals surface area contributed by atoms with Gasteiger partial charge in [0.25, 0.3) is 0 Å². The lowest BCUT2D eigenvalue weighted by atomic mass is 10.1. The van der Waals surface area contributed by atoms with Gasteiger partial charge in [-0.05, 0) is 11.5 Å². The smallest absolute Gasteiger partial charge is 0.302 e. The summed E-state index contributed by atoms with van der Waals surface area (Å²) in [6.07, 6.45) is 2.41. The molecule has 0 N–H and O–H groups in total. The van der Waals surface area contributed by atoms with Crippen molar-refractivity contribution in [3.8, 4) is 0 Å². The van der Waals surface area contributed by atoms with E-state index in [9.17, 15) is 17.1 Å². The van der Waals surface area contributed by atoms with E-state index in [1.54, 1.807) is 11.1 Å². The molecule has 0 radical (unpaired) electrons. The Kier molecular flexibility index (Phi) is 4.30. The molecule has 1 unspecified atom stereocenters. The average molecular weight is 336 g/mol. The Morgan fingerprint density at radius 3 is 2.83 bits per heavy atom. The molecule has 1 atom stereocenters. The zero-order valence-electron chi connectivity index (χ0n) is 12.5. The zero-order chi connectivity index (χ0) is 16.4. The van der Waals surface area contributed by atoms with Crippen LogP contribution in [0.5, 0.6) is 0 Å². The Labute approximate surface area is 134 Å². The number of amides is 1. The molecule has 2 heterocycles. The van der Waals surface area contributed by atoms with Crippen molar-refractivity contribution < 1.29 is 17.1 Å². The summed E-state index contributed by atoms with van der Waals surface area (Å²) in [5.41, 5.74) is 0.900. The number of hydrogen-bond acceptors (Lipinski definition) is 4. The molecule has 23 heavy (non-hydrogen) atoms. The topological polar surface area (TPSA) is 67.3 Å². The van der Waals surface area contributed by atoms with Crippen LogP contribution in [0.2, 0.25) is 0 Å². The summed E-state index contributed by atoms with van der Waals surface area (Å²) in [5, 5.41) is 2.14. The number of halogens is 1. The van der Waals surface area contributed by atoms with Crippen LogP contribution in [0.15, 0.2) is 36.5 Å². The molecular weight excluding hydrogens is 319 g/mol. The van der Waals surface area contributed by atoms with Gasteiger partial charge in [0.15, 0.2) is 0 Å². The first-order chi connectivity index (χ1) is 10.9. The second-order valence-electron chi connectivity index (χ2n) is 5.84. The average Bonchev–Trinajstić information content (AvgIpc) is 2.82. The van der Waals surface area contributed by atoms with Gasteiger partial charge in [-0.1, -0.05) is 24.3 Å². The lowest BCUT2D eigenvalue weighted by Gasteiger charge is -2.16. The summed E-state index contributed by atoms with van der Waals surface area (Å²) >= 11 is 0. The maximum atomic E-state index is 12.8. The lowest BCUT2D eigenvalue weighted by molar-refractivity contribution is -0.127. The van der Waals surface area contributed by atoms with Gasteiger partial charge in [-0.3, -0.25) is 9.78 Å². The minimum Gasteiger partial charge on any atom is -0.342 e. The maximum Gasteiger partial charge on any atom is 0.302 e. The predicted octanol–water partition coefficient (Wildman–Crippen LogP) is 1.93. The van der Waals surface area contributed by atoms with Crippen molar-refractivity contribution >= 4 is 26.9 Å². The van der Waals surface area contributed by atoms with E-state index < -0.39 is 21.9 Å². The fourth-order valence-corrected chi connectivity index (χ4v) is 3.87. The molecule has 0 spiro atoms. The number of carbonyl (C=O) groups is 1. The molecular formula is C16H17FN2O3S. The minimum atomic E-state index is -4.54. The summed E-state index contributed by atoms with van der Waals surface area (Å²) in [6, 6.07) is 9.82. The Balaban J connectivity index is 1.67. The van der Waals surface area contributed by atoms with Gasteiger partial charge in [-0.25, -0.2) is 0 Å². The van der Waals surface area contributed by atoms with E-state index in [1.807, 2.05) is 30.3 Å². The maximum absolute atomic E-state index is 12.8. The summed E-state index contributed by atoms with van der Waals surface area (Å²) in [5.74, 6) is -1.17. The highest BCUT2D eigenvalue weighted by atomic mass is 32.3. The zero-order valence-corrected chi connectivity index (χ0v) is 13.3. The standard InChI is InChI=1S/C16H17FN2O3S/c17-23(21,22)11-12-9-16(20)19(10-12)8-6-15-14-4-2-1-3-13(14)5-7-18-15/h1-5,7,12H,6,8-11H2. The fraction of sp³-hybridized carbons (Fsp3) is 0.375. The van der Waals surface area contributed by atoms with Gasteiger partial charge in [0.2, 0.25) is 5.91 Å². The van der Waals surface area contributed by atoms with Crippen molar-refractivity contribution in [1.82, 2.24) is 9.88 Å². The monoisotopic (exact) mass is 336 g/mol. The number of fused-ring (bicyclic) bond motifs is 1. The Morgan fingerprint density at radius 1 is 1.26 bits per heavy atom. The van der Waals surface area contributed by atoms with E-state index in [1.165, 1.54) is 0 Å². The van der Waals surface area contributed by atoms with Crippen LogP contribution in [0, 0.1) is 5.92 Å². The van der Waals surface area contributed by atoms with Crippen LogP contribution in [0.1, 0.15) is 12.1 Å². The van der Waals surface area contributed by atoms with Crippen molar-refractivity contribution in [2.45, 2.75) is 12.8 Å². The van der Waals surface area contributed by atoms with Crippen molar-refractivity contribution in [2.24, 2.45) is 5.92 Å². The Bertz CT molecular complexity index is 833. The van der Waals surface area contributed by atoms with Crippen molar-refractivity contribution in [3.05, 3.63) is 42.2 Å². The van der Waals surface area contributed by atoms with Gasteiger partial charge in [0.1, 0.15) is 0 Å². The molecule has 0 aliphatic carbocycles. The molecule has 1 saturated heterocycles. The third-order valence-corrected chi connectivity index (χ3v) is 4.97. The van der Waals surface area contributed by atoms with Gasteiger partial charge >= 0.3 is 10.2 Å². The first kappa shape index (κ1) is 15.9. The minimum absolute atomic E-state index is 0.0894. The van der Waals surface area contributed by atoms with E-state index in [-0.39, 0.29) is 18.9 Å². The highest BCUT2D eigenvalue weighted by Gasteiger charge is 2.32. The van der Waals surface area contributed by atoms with Crippen LogP contribution < -0.4 is 0 Å². The van der Waals surface area contributed by atoms with Crippen molar-refractivity contribution in [3.63, 3.8) is 0 Å². The van der Waals surface area contributed by atoms with Crippen LogP contribution in [0.25, 0.3) is 10.8 Å². The van der Waals surface area contributed by atoms with Gasteiger partial charge in [0.05, 0.1) is 5.75 Å². The van der Waals surface area contributed by atoms with Crippen LogP contribution in [0.3, 0.4) is 0 Å². The molecule has 1 aromatic heterocycles. The normalized spacial score (nSPS) is 18.7. The third-order valence-electron chi connectivity index (χ3n) is 4.10. The number of nitrogens with zero attached hydrogens (tertiary/aromatic N) is 2. The first-order valence-corrected chi connectivity index (χ1v) is 9.00. The highest BCUT2D eigenvalue weighted by molar-refractivity contribution is 7.86. The molecule has 2 aromatic rings. The Morgan fingerprint density at radius 2 is 2.04 bits per heavy atom. The molecule has 1 aliphatic heterocycles. The van der Waals surface area contributed by atoms with Crippen LogP contribution in [-0.4, -0.2) is 43.1 Å². The molecule has 1 aromatic carbocycles. The van der Waals surface area contributed by atoms with Crippen molar-refractivity contribution in [2.75, 3.05) is 18.8 Å². The SMILES string of the molecule is O=C1CC(CS(=O)(=O)F)CN1CCc1nccc2ccccc12. The van der Waals surface area contributed by atoms with Crippen molar-refractivity contribution in [1.29, 1.82) is 0 Å². The van der Waals surface area contributed by atoms with Crippen LogP contribution in [0.4, 0.5) is 3.89 Å². The van der Waals surface area contributed by atoms with E-state index in [4.69, 9.17) is 0 Å². The molecule has 0 bridgehead atoms. The van der Waals surface area contributed by atoms with Crippen LogP contribution in [-0.2, 0) is 21.4 Å². The van der Waals surface area contributed by atoms with E-state index in [0.29, 0.717) is 13.0 Å². The number of carbonyl (C=O) groups excluding carboxylic acids is 1. The summed E-state index contributed by atoms with van der Waals surface area (Å²) < 4.78 is 34.2. The summed E-state index contributed by atoms with van der Waals surface area (Å²) in [4.78, 5) is 17.9. The number of rotatable bonds is 5. The number of likely N-dealkylation sites (tertiary alicyclic amines) is 1. The van der Waals surface area contributed by atoms with Gasteiger partial charge < -0.3 is 4.90 Å². The number of pyridine rings is 1. The summed E-state index contributed by atoms with van der Waals surface area (Å²) in [6.45, 7) is 0.745. The summed E-state index contributed by atoms with van der Waals surface area (Å²) in [7, 11) is -4.54. The lowest BCUT2D eigenvalue weighted by Crippen LogP contribution is -2.28. The van der Waals surface area contributed by atoms with Gasteiger partial charge in [-0.2, -0.15) is 8.42 Å². The number of aromatic nitrogens is 1. The molecule has 7 heteroatoms. The highest BCUT2D eigenvalue weighted by Crippen LogP contribution is 2.22. The number of hydrogen-bond donors (Lipinski definition) is 0. The van der Waals surface area contributed by atoms with E-state index >= 15 is 0 Å². The second kappa shape index (κ2) is 6.23. The third kappa shape index (κ3) is 3.85. The van der Waals surface area contributed by atoms with E-state index in [0.717, 1.165) is 16.5 Å². The molecule has 1 amide bonds. The molecule has 0 saturated carbocycles. The molecule has 1 aliphatic rings. The quantitative estimate of drug-likeness (QED) is 0.783. The molecule has 3 rings (SSSR count). The molecule has 5 nitrogen and oxygen atoms in total. The first-order valence-electron chi connectivity index (χ1n) is 7.45. The Hall–Kier alpha value is -2.02. The fourth-order valence-electron chi connectivity index (χ4n) is 3.09. The molecule has 1 fully saturated rings. The number of benzene rings is 1. The molecule has 122 valence electrons. The largest absolute Gasteiger partial charge is 0.342 e. The van der Waals surface area contributed by atoms with Gasteiger partial charge in [0, 0.05) is 49.1 Å². The van der Waals surface area contributed by atoms with Gasteiger partial charge in [-0.15, -0.1) is 3.89 Å². The van der Waals surface area contributed by atoms with E-state index in [2.05, 4.69) is 4.98 Å². The second-order valence-corrected chi connectivity index (χ2v) is 7.26. The predicted molar refractivity (Wildman–Crippen MR) is 85.0 cm³/mol.